The molecule has 0 saturated carbocycles. The zero-order chi connectivity index (χ0) is 19.4. The van der Waals surface area contributed by atoms with Gasteiger partial charge in [-0.2, -0.15) is 0 Å². The highest BCUT2D eigenvalue weighted by molar-refractivity contribution is 8.18. The van der Waals surface area contributed by atoms with Crippen LogP contribution in [0.3, 0.4) is 0 Å². The minimum absolute atomic E-state index is 0.197. The Morgan fingerprint density at radius 3 is 2.33 bits per heavy atom. The molecule has 2 heterocycles. The van der Waals surface area contributed by atoms with Crippen LogP contribution in [0.25, 0.3) is 6.08 Å². The summed E-state index contributed by atoms with van der Waals surface area (Å²) in [6, 6.07) is 8.02. The van der Waals surface area contributed by atoms with Crippen LogP contribution in [-0.4, -0.2) is 59.6 Å². The normalized spacial score (nSPS) is 18.7. The van der Waals surface area contributed by atoms with Crippen molar-refractivity contribution in [3.8, 4) is 0 Å². The van der Waals surface area contributed by atoms with E-state index >= 15 is 0 Å². The Morgan fingerprint density at radius 1 is 1.11 bits per heavy atom. The van der Waals surface area contributed by atoms with Gasteiger partial charge in [0.15, 0.2) is 0 Å². The largest absolute Gasteiger partial charge is 0.372 e. The predicted molar refractivity (Wildman–Crippen MR) is 108 cm³/mol. The topological polar surface area (TPSA) is 60.9 Å². The molecular weight excluding hydrogens is 362 g/mol. The number of imide groups is 1. The number of rotatable bonds is 6. The predicted octanol–water partition coefficient (Wildman–Crippen LogP) is 3.19. The van der Waals surface area contributed by atoms with Gasteiger partial charge in [0.25, 0.3) is 11.1 Å². The van der Waals surface area contributed by atoms with Crippen molar-refractivity contribution in [3.05, 3.63) is 34.7 Å². The lowest BCUT2D eigenvalue weighted by atomic mass is 10.2. The molecule has 0 atom stereocenters. The first kappa shape index (κ1) is 19.5. The Morgan fingerprint density at radius 2 is 1.74 bits per heavy atom. The van der Waals surface area contributed by atoms with E-state index in [9.17, 15) is 14.4 Å². The fraction of sp³-hybridized carbons (Fsp3) is 0.450. The molecule has 0 bridgehead atoms. The zero-order valence-corrected chi connectivity index (χ0v) is 16.6. The number of amides is 3. The van der Waals surface area contributed by atoms with Crippen LogP contribution >= 0.6 is 11.8 Å². The van der Waals surface area contributed by atoms with E-state index in [2.05, 4.69) is 4.90 Å². The van der Waals surface area contributed by atoms with E-state index in [-0.39, 0.29) is 17.7 Å². The van der Waals surface area contributed by atoms with Gasteiger partial charge in [0.2, 0.25) is 5.91 Å². The molecule has 144 valence electrons. The second-order valence-corrected chi connectivity index (χ2v) is 7.61. The second-order valence-electron chi connectivity index (χ2n) is 6.62. The van der Waals surface area contributed by atoms with E-state index in [1.807, 2.05) is 38.1 Å². The van der Waals surface area contributed by atoms with Crippen molar-refractivity contribution < 1.29 is 14.4 Å². The van der Waals surface area contributed by atoms with Crippen LogP contribution in [-0.2, 0) is 9.59 Å². The van der Waals surface area contributed by atoms with Crippen molar-refractivity contribution >= 4 is 40.6 Å². The summed E-state index contributed by atoms with van der Waals surface area (Å²) in [4.78, 5) is 42.4. The van der Waals surface area contributed by atoms with Gasteiger partial charge in [0.05, 0.1) is 4.91 Å². The summed E-state index contributed by atoms with van der Waals surface area (Å²) in [5.74, 6) is -0.604. The highest BCUT2D eigenvalue weighted by Crippen LogP contribution is 2.32. The maximum Gasteiger partial charge on any atom is 0.294 e. The quantitative estimate of drug-likeness (QED) is 0.702. The molecule has 3 rings (SSSR count). The summed E-state index contributed by atoms with van der Waals surface area (Å²) in [7, 11) is 0. The SMILES string of the molecule is CCN(CC)C(=O)CN1C(=O)S/C(=C\c2ccc(N3CCCC3)cc2)C1=O. The van der Waals surface area contributed by atoms with Gasteiger partial charge in [0, 0.05) is 31.9 Å². The van der Waals surface area contributed by atoms with Gasteiger partial charge in [0.1, 0.15) is 6.54 Å². The molecule has 0 aliphatic carbocycles. The van der Waals surface area contributed by atoms with Crippen LogP contribution in [0.15, 0.2) is 29.2 Å². The van der Waals surface area contributed by atoms with Gasteiger partial charge in [-0.15, -0.1) is 0 Å². The first-order valence-corrected chi connectivity index (χ1v) is 10.2. The molecule has 2 aliphatic rings. The minimum atomic E-state index is -0.394. The Kier molecular flexibility index (Phi) is 6.21. The van der Waals surface area contributed by atoms with Crippen molar-refractivity contribution in [1.82, 2.24) is 9.80 Å². The number of thioether (sulfide) groups is 1. The maximum atomic E-state index is 12.6. The molecule has 2 saturated heterocycles. The Labute approximate surface area is 164 Å². The third-order valence-electron chi connectivity index (χ3n) is 4.95. The Hall–Kier alpha value is -2.28. The second kappa shape index (κ2) is 8.61. The summed E-state index contributed by atoms with van der Waals surface area (Å²) >= 11 is 0.892. The van der Waals surface area contributed by atoms with Gasteiger partial charge in [-0.05, 0) is 62.2 Å². The fourth-order valence-corrected chi connectivity index (χ4v) is 4.19. The van der Waals surface area contributed by atoms with Crippen LogP contribution < -0.4 is 4.90 Å². The molecule has 2 aliphatic heterocycles. The first-order valence-electron chi connectivity index (χ1n) is 9.41. The van der Waals surface area contributed by atoms with Gasteiger partial charge >= 0.3 is 0 Å². The Bertz CT molecular complexity index is 750. The van der Waals surface area contributed by atoms with Crippen LogP contribution in [0.5, 0.6) is 0 Å². The van der Waals surface area contributed by atoms with Crippen molar-refractivity contribution in [2.45, 2.75) is 26.7 Å². The number of likely N-dealkylation sites (N-methyl/N-ethyl adjacent to an activating group) is 1. The molecule has 3 amide bonds. The van der Waals surface area contributed by atoms with E-state index in [1.165, 1.54) is 18.5 Å². The lowest BCUT2D eigenvalue weighted by Gasteiger charge is -2.21. The number of hydrogen-bond acceptors (Lipinski definition) is 5. The molecule has 7 heteroatoms. The molecule has 0 spiro atoms. The van der Waals surface area contributed by atoms with E-state index in [1.54, 1.807) is 11.0 Å². The number of nitrogens with zero attached hydrogens (tertiary/aromatic N) is 3. The van der Waals surface area contributed by atoms with Crippen molar-refractivity contribution in [3.63, 3.8) is 0 Å². The van der Waals surface area contributed by atoms with Crippen molar-refractivity contribution in [2.75, 3.05) is 37.6 Å². The van der Waals surface area contributed by atoms with E-state index in [0.29, 0.717) is 18.0 Å². The molecule has 0 unspecified atom stereocenters. The van der Waals surface area contributed by atoms with Crippen LogP contribution in [0.2, 0.25) is 0 Å². The summed E-state index contributed by atoms with van der Waals surface area (Å²) < 4.78 is 0. The number of carbonyl (C=O) groups is 3. The lowest BCUT2D eigenvalue weighted by molar-refractivity contribution is -0.135. The smallest absolute Gasteiger partial charge is 0.294 e. The third-order valence-corrected chi connectivity index (χ3v) is 5.85. The van der Waals surface area contributed by atoms with Crippen LogP contribution in [0, 0.1) is 0 Å². The standard InChI is InChI=1S/C20H25N3O3S/c1-3-21(4-2)18(24)14-23-19(25)17(27-20(23)26)13-15-7-9-16(10-8-15)22-11-5-6-12-22/h7-10,13H,3-6,11-12,14H2,1-2H3/b17-13-. The summed E-state index contributed by atoms with van der Waals surface area (Å²) in [6.07, 6.45) is 4.17. The molecule has 2 fully saturated rings. The van der Waals surface area contributed by atoms with Crippen LogP contribution in [0.1, 0.15) is 32.3 Å². The number of carbonyl (C=O) groups excluding carboxylic acids is 3. The molecule has 1 aromatic carbocycles. The lowest BCUT2D eigenvalue weighted by Crippen LogP contribution is -2.41. The molecular formula is C20H25N3O3S. The number of anilines is 1. The van der Waals surface area contributed by atoms with E-state index in [4.69, 9.17) is 0 Å². The fourth-order valence-electron chi connectivity index (χ4n) is 3.36. The van der Waals surface area contributed by atoms with Crippen molar-refractivity contribution in [1.29, 1.82) is 0 Å². The summed E-state index contributed by atoms with van der Waals surface area (Å²) in [5.41, 5.74) is 2.06. The van der Waals surface area contributed by atoms with Crippen molar-refractivity contribution in [2.24, 2.45) is 0 Å². The average molecular weight is 388 g/mol. The first-order chi connectivity index (χ1) is 13.0. The van der Waals surface area contributed by atoms with Gasteiger partial charge in [-0.3, -0.25) is 19.3 Å². The van der Waals surface area contributed by atoms with Gasteiger partial charge in [-0.1, -0.05) is 12.1 Å². The molecule has 27 heavy (non-hydrogen) atoms. The van der Waals surface area contributed by atoms with Crippen LogP contribution in [0.4, 0.5) is 10.5 Å². The average Bonchev–Trinajstić information content (AvgIpc) is 3.28. The Balaban J connectivity index is 1.69. The zero-order valence-electron chi connectivity index (χ0n) is 15.8. The summed E-state index contributed by atoms with van der Waals surface area (Å²) in [5, 5.41) is -0.388. The summed E-state index contributed by atoms with van der Waals surface area (Å²) in [6.45, 7) is 6.84. The van der Waals surface area contributed by atoms with E-state index < -0.39 is 5.91 Å². The highest BCUT2D eigenvalue weighted by atomic mass is 32.2. The molecule has 1 aromatic rings. The van der Waals surface area contributed by atoms with Gasteiger partial charge < -0.3 is 9.80 Å². The third kappa shape index (κ3) is 4.35. The molecule has 0 aromatic heterocycles. The van der Waals surface area contributed by atoms with Gasteiger partial charge in [-0.25, -0.2) is 0 Å². The number of benzene rings is 1. The highest BCUT2D eigenvalue weighted by Gasteiger charge is 2.36. The molecule has 0 N–H and O–H groups in total. The van der Waals surface area contributed by atoms with E-state index in [0.717, 1.165) is 35.3 Å². The minimum Gasteiger partial charge on any atom is -0.372 e. The number of hydrogen-bond donors (Lipinski definition) is 0. The maximum absolute atomic E-state index is 12.6. The molecule has 0 radical (unpaired) electrons. The molecule has 6 nitrogen and oxygen atoms in total. The monoisotopic (exact) mass is 387 g/mol.